The molecule has 1 rings (SSSR count). The molecule has 0 aliphatic rings. The van der Waals surface area contributed by atoms with Crippen LogP contribution in [-0.4, -0.2) is 25.6 Å². The molecule has 1 nitrogen and oxygen atoms in total. The first-order chi connectivity index (χ1) is 11.4. The number of nitrogens with zero attached hydrogens (tertiary/aromatic N) is 1. The average Bonchev–Trinajstić information content (AvgIpc) is 2.37. The predicted octanol–water partition coefficient (Wildman–Crippen LogP) is 7.95. The van der Waals surface area contributed by atoms with Gasteiger partial charge in [-0.1, -0.05) is 105 Å². The van der Waals surface area contributed by atoms with E-state index in [0.717, 1.165) is 12.3 Å². The molecule has 0 radical (unpaired) electrons. The number of hydrogen-bond donors (Lipinski definition) is 0. The van der Waals surface area contributed by atoms with E-state index in [1.807, 2.05) is 0 Å². The molecule has 0 N–H and O–H groups in total. The molecular formula is C23H47NP2Ru. The van der Waals surface area contributed by atoms with Crippen molar-refractivity contribution in [3.8, 4) is 0 Å². The second kappa shape index (κ2) is 9.63. The molecule has 1 aromatic heterocycles. The van der Waals surface area contributed by atoms with Crippen molar-refractivity contribution < 1.29 is 20.9 Å². The summed E-state index contributed by atoms with van der Waals surface area (Å²) in [5.41, 5.74) is 2.58. The van der Waals surface area contributed by atoms with Gasteiger partial charge in [-0.15, -0.1) is 0 Å². The molecule has 4 heteroatoms. The van der Waals surface area contributed by atoms with Gasteiger partial charge in [-0.25, -0.2) is 0 Å². The van der Waals surface area contributed by atoms with Crippen molar-refractivity contribution in [3.05, 3.63) is 29.6 Å². The van der Waals surface area contributed by atoms with Crippen molar-refractivity contribution in [2.24, 2.45) is 0 Å². The Labute approximate surface area is 187 Å². The van der Waals surface area contributed by atoms with Gasteiger partial charge in [-0.05, 0) is 32.8 Å². The molecular weight excluding hydrogens is 453 g/mol. The zero-order valence-corrected chi connectivity index (χ0v) is 23.7. The summed E-state index contributed by atoms with van der Waals surface area (Å²) < 4.78 is 0. The summed E-state index contributed by atoms with van der Waals surface area (Å²) in [6.45, 7) is 28.7. The normalized spacial score (nSPS) is 13.9. The van der Waals surface area contributed by atoms with Crippen molar-refractivity contribution in [1.82, 2.24) is 4.98 Å². The standard InChI is InChI=1S/C23H43NP2.Ru.H2.2H/c1-20(2,3)25(21(4,5)6)16-18-14-13-15-19(24-18)17-26(22(7,8)9)23(10,11)12;;;;/h13-15H,16-17H2,1-12H3;;1H;;. The van der Waals surface area contributed by atoms with E-state index in [0.29, 0.717) is 20.6 Å². The molecule has 27 heavy (non-hydrogen) atoms. The van der Waals surface area contributed by atoms with Crippen LogP contribution in [0.1, 0.15) is 95.9 Å². The molecule has 0 amide bonds. The number of pyridine rings is 1. The topological polar surface area (TPSA) is 12.9 Å². The molecule has 0 aliphatic heterocycles. The van der Waals surface area contributed by atoms with E-state index in [1.54, 1.807) is 0 Å². The van der Waals surface area contributed by atoms with Crippen LogP contribution >= 0.6 is 15.8 Å². The molecule has 0 bridgehead atoms. The van der Waals surface area contributed by atoms with Crippen LogP contribution in [0.3, 0.4) is 0 Å². The molecule has 0 saturated carbocycles. The van der Waals surface area contributed by atoms with Gasteiger partial charge in [0.05, 0.1) is 0 Å². The second-order valence-electron chi connectivity index (χ2n) is 11.5. The third kappa shape index (κ3) is 8.89. The van der Waals surface area contributed by atoms with Crippen molar-refractivity contribution in [1.29, 1.82) is 0 Å². The van der Waals surface area contributed by atoms with E-state index in [2.05, 4.69) is 101 Å². The minimum absolute atomic E-state index is 0. The molecule has 1 heterocycles. The molecule has 0 aromatic carbocycles. The van der Waals surface area contributed by atoms with Gasteiger partial charge in [0.15, 0.2) is 0 Å². The van der Waals surface area contributed by atoms with Crippen LogP contribution in [0.4, 0.5) is 0 Å². The molecule has 0 fully saturated rings. The molecule has 0 spiro atoms. The average molecular weight is 501 g/mol. The molecule has 0 aliphatic carbocycles. The maximum absolute atomic E-state index is 5.14. The Hall–Kier alpha value is 0.633. The fourth-order valence-electron chi connectivity index (χ4n) is 3.99. The van der Waals surface area contributed by atoms with Crippen LogP contribution in [0.2, 0.25) is 0 Å². The van der Waals surface area contributed by atoms with Gasteiger partial charge < -0.3 is 0 Å². The summed E-state index contributed by atoms with van der Waals surface area (Å²) in [5, 5.41) is 1.37. The molecule has 0 unspecified atom stereocenters. The van der Waals surface area contributed by atoms with E-state index < -0.39 is 0 Å². The van der Waals surface area contributed by atoms with E-state index in [9.17, 15) is 0 Å². The Morgan fingerprint density at radius 3 is 1.11 bits per heavy atom. The quantitative estimate of drug-likeness (QED) is 0.302. The van der Waals surface area contributed by atoms with Crippen LogP contribution in [0.15, 0.2) is 18.2 Å². The first-order valence-electron chi connectivity index (χ1n) is 9.93. The van der Waals surface area contributed by atoms with Crippen molar-refractivity contribution in [2.75, 3.05) is 0 Å². The number of hydrogen-bond acceptors (Lipinski definition) is 1. The summed E-state index contributed by atoms with van der Waals surface area (Å²) in [7, 11) is -0.308. The van der Waals surface area contributed by atoms with Gasteiger partial charge in [0, 0.05) is 25.1 Å². The Balaban J connectivity index is 0. The van der Waals surface area contributed by atoms with Crippen molar-refractivity contribution in [2.45, 2.75) is 116 Å². The Morgan fingerprint density at radius 2 is 0.889 bits per heavy atom. The van der Waals surface area contributed by atoms with E-state index in [4.69, 9.17) is 4.98 Å². The predicted molar refractivity (Wildman–Crippen MR) is 129 cm³/mol. The van der Waals surface area contributed by atoms with Crippen LogP contribution in [0.5, 0.6) is 0 Å². The van der Waals surface area contributed by atoms with Crippen LogP contribution in [0, 0.1) is 0 Å². The van der Waals surface area contributed by atoms with Gasteiger partial charge in [0.1, 0.15) is 0 Å². The molecule has 0 atom stereocenters. The summed E-state index contributed by atoms with van der Waals surface area (Å²) in [4.78, 5) is 5.14. The summed E-state index contributed by atoms with van der Waals surface area (Å²) in [5.74, 6) is 0. The Bertz CT molecular complexity index is 515. The first-order valence-corrected chi connectivity index (χ1v) is 13.0. The van der Waals surface area contributed by atoms with Crippen molar-refractivity contribution in [3.63, 3.8) is 0 Å². The second-order valence-corrected chi connectivity index (χ2v) is 19.2. The molecule has 0 saturated heterocycles. The molecule has 162 valence electrons. The molecule has 1 aromatic rings. The SMILES string of the molecule is CC(C)(C)P(Cc1cccc(CP(C(C)(C)C)C(C)(C)C)n1)C(C)(C)C.[HH].[RuH2]. The van der Waals surface area contributed by atoms with Gasteiger partial charge in [-0.2, -0.15) is 0 Å². The van der Waals surface area contributed by atoms with Gasteiger partial charge >= 0.3 is 19.5 Å². The first kappa shape index (κ1) is 27.6. The summed E-state index contributed by atoms with van der Waals surface area (Å²) >= 11 is 0. The van der Waals surface area contributed by atoms with E-state index >= 15 is 0 Å². The Kier molecular flexibility index (Phi) is 9.85. The Morgan fingerprint density at radius 1 is 0.630 bits per heavy atom. The summed E-state index contributed by atoms with van der Waals surface area (Å²) in [6.07, 6.45) is 2.25. The zero-order valence-electron chi connectivity index (χ0n) is 19.9. The number of rotatable bonds is 4. The van der Waals surface area contributed by atoms with Crippen molar-refractivity contribution >= 4 is 15.8 Å². The number of aromatic nitrogens is 1. The van der Waals surface area contributed by atoms with Gasteiger partial charge in [-0.3, -0.25) is 4.98 Å². The zero-order chi connectivity index (χ0) is 20.6. The van der Waals surface area contributed by atoms with Crippen LogP contribution in [-0.2, 0) is 31.8 Å². The summed E-state index contributed by atoms with van der Waals surface area (Å²) in [6, 6.07) is 6.72. The van der Waals surface area contributed by atoms with Crippen LogP contribution < -0.4 is 0 Å². The van der Waals surface area contributed by atoms with E-state index in [1.165, 1.54) is 11.4 Å². The van der Waals surface area contributed by atoms with Gasteiger partial charge in [0.2, 0.25) is 0 Å². The van der Waals surface area contributed by atoms with Crippen LogP contribution in [0.25, 0.3) is 0 Å². The van der Waals surface area contributed by atoms with Gasteiger partial charge in [0.25, 0.3) is 0 Å². The van der Waals surface area contributed by atoms with E-state index in [-0.39, 0.29) is 36.7 Å². The fourth-order valence-corrected chi connectivity index (χ4v) is 10.9. The third-order valence-corrected chi connectivity index (χ3v) is 12.5. The monoisotopic (exact) mass is 501 g/mol. The third-order valence-electron chi connectivity index (χ3n) is 4.74. The minimum atomic E-state index is -0.154. The fraction of sp³-hybridized carbons (Fsp3) is 0.783. The maximum atomic E-state index is 5.14.